The van der Waals surface area contributed by atoms with Crippen molar-refractivity contribution in [1.82, 2.24) is 19.7 Å². The number of benzene rings is 2. The number of nitrogens with zero attached hydrogens (tertiary/aromatic N) is 3. The molecule has 0 saturated heterocycles. The van der Waals surface area contributed by atoms with Crippen molar-refractivity contribution in [3.63, 3.8) is 0 Å². The van der Waals surface area contributed by atoms with Gasteiger partial charge < -0.3 is 9.88 Å². The molecule has 4 rings (SSSR count). The highest BCUT2D eigenvalue weighted by Crippen LogP contribution is 2.31. The second-order valence-corrected chi connectivity index (χ2v) is 7.66. The van der Waals surface area contributed by atoms with Gasteiger partial charge in [0.05, 0.1) is 18.3 Å². The normalized spacial score (nSPS) is 10.9. The molecule has 0 spiro atoms. The van der Waals surface area contributed by atoms with Crippen LogP contribution in [0.2, 0.25) is 0 Å². The van der Waals surface area contributed by atoms with E-state index in [9.17, 15) is 9.18 Å². The van der Waals surface area contributed by atoms with Gasteiger partial charge in [-0.25, -0.2) is 4.39 Å². The predicted molar refractivity (Wildman–Crippen MR) is 132 cm³/mol. The minimum absolute atomic E-state index is 0. The zero-order chi connectivity index (χ0) is 23.1. The Morgan fingerprint density at radius 2 is 1.88 bits per heavy atom. The van der Waals surface area contributed by atoms with Gasteiger partial charge in [0.2, 0.25) is 5.91 Å². The van der Waals surface area contributed by atoms with E-state index in [1.807, 2.05) is 41.9 Å². The fraction of sp³-hybridized carbons (Fsp3) is 0.385. The van der Waals surface area contributed by atoms with E-state index in [-0.39, 0.29) is 13.2 Å². The molecule has 2 aromatic heterocycles. The third-order valence-electron chi connectivity index (χ3n) is 5.47. The number of halogens is 1. The molecule has 0 aliphatic carbocycles. The Morgan fingerprint density at radius 3 is 2.59 bits per heavy atom. The van der Waals surface area contributed by atoms with E-state index in [4.69, 9.17) is 0 Å². The number of carbonyl (C=O) groups excluding carboxylic acids is 1. The van der Waals surface area contributed by atoms with Crippen molar-refractivity contribution < 1.29 is 10.6 Å². The first-order chi connectivity index (χ1) is 15.6. The monoisotopic (exact) mass is 438 g/mol. The molecule has 2 aromatic carbocycles. The van der Waals surface area contributed by atoms with Crippen molar-refractivity contribution in [3.8, 4) is 11.1 Å². The van der Waals surface area contributed by atoms with Crippen LogP contribution < -0.4 is 0 Å². The molecule has 0 radical (unpaired) electrons. The molecule has 172 valence electrons. The van der Waals surface area contributed by atoms with Crippen LogP contribution in [0.25, 0.3) is 32.9 Å². The van der Waals surface area contributed by atoms with Crippen LogP contribution in [0.1, 0.15) is 48.4 Å². The zero-order valence-electron chi connectivity index (χ0n) is 19.5. The Hall–Kier alpha value is -3.15. The number of amides is 1. The number of H-pyrrole nitrogens is 1. The molecule has 0 atom stereocenters. The molecule has 0 fully saturated rings. The number of aryl methyl sites for hydroxylation is 1. The number of aromatic amines is 1. The molecule has 6 heteroatoms. The van der Waals surface area contributed by atoms with Crippen LogP contribution in [0, 0.1) is 5.82 Å². The first-order valence-corrected chi connectivity index (χ1v) is 11.6. The number of hydrogen-bond donors (Lipinski definition) is 1. The fourth-order valence-electron chi connectivity index (χ4n) is 4.03. The molecule has 32 heavy (non-hydrogen) atoms. The molecule has 0 aliphatic rings. The highest BCUT2D eigenvalue weighted by molar-refractivity contribution is 5.97. The van der Waals surface area contributed by atoms with E-state index in [0.29, 0.717) is 13.0 Å². The number of aromatic nitrogens is 3. The van der Waals surface area contributed by atoms with E-state index in [1.165, 1.54) is 12.1 Å². The van der Waals surface area contributed by atoms with E-state index in [1.54, 1.807) is 6.07 Å². The summed E-state index contributed by atoms with van der Waals surface area (Å²) in [5, 5.41) is 6.51. The van der Waals surface area contributed by atoms with Gasteiger partial charge in [-0.1, -0.05) is 33.8 Å². The Bertz CT molecular complexity index is 1180. The highest BCUT2D eigenvalue weighted by Gasteiger charge is 2.14. The average molecular weight is 439 g/mol. The van der Waals surface area contributed by atoms with Gasteiger partial charge in [-0.05, 0) is 48.7 Å². The van der Waals surface area contributed by atoms with Gasteiger partial charge in [0, 0.05) is 49.0 Å². The fourth-order valence-corrected chi connectivity index (χ4v) is 4.03. The van der Waals surface area contributed by atoms with Gasteiger partial charge in [0.1, 0.15) is 5.82 Å². The molecule has 5 nitrogen and oxygen atoms in total. The van der Waals surface area contributed by atoms with Gasteiger partial charge in [-0.3, -0.25) is 9.48 Å². The van der Waals surface area contributed by atoms with E-state index < -0.39 is 0 Å². The maximum atomic E-state index is 13.5. The quantitative estimate of drug-likeness (QED) is 0.335. The van der Waals surface area contributed by atoms with Crippen LogP contribution in [0.5, 0.6) is 0 Å². The van der Waals surface area contributed by atoms with E-state index >= 15 is 0 Å². The van der Waals surface area contributed by atoms with Crippen LogP contribution in [-0.2, 0) is 11.3 Å². The summed E-state index contributed by atoms with van der Waals surface area (Å²) in [7, 11) is 0. The smallest absolute Gasteiger partial charge is 0.224 e. The van der Waals surface area contributed by atoms with Gasteiger partial charge in [0.25, 0.3) is 0 Å². The number of nitrogens with one attached hydrogen (secondary N) is 1. The first kappa shape index (κ1) is 23.5. The van der Waals surface area contributed by atoms with Gasteiger partial charge >= 0.3 is 0 Å². The highest BCUT2D eigenvalue weighted by atomic mass is 19.1. The number of carbonyl (C=O) groups is 1. The van der Waals surface area contributed by atoms with Crippen LogP contribution in [-0.4, -0.2) is 38.7 Å². The topological polar surface area (TPSA) is 53.9 Å². The predicted octanol–water partition coefficient (Wildman–Crippen LogP) is 6.63. The van der Waals surface area contributed by atoms with Crippen LogP contribution in [0.3, 0.4) is 0 Å². The summed E-state index contributed by atoms with van der Waals surface area (Å²) in [6.45, 7) is 10.4. The molecule has 0 unspecified atom stereocenters. The summed E-state index contributed by atoms with van der Waals surface area (Å²) in [6.07, 6.45) is 6.14. The lowest BCUT2D eigenvalue weighted by atomic mass is 10.0. The third kappa shape index (κ3) is 5.01. The van der Waals surface area contributed by atoms with Crippen molar-refractivity contribution in [3.05, 3.63) is 54.6 Å². The summed E-state index contributed by atoms with van der Waals surface area (Å²) in [4.78, 5) is 17.7. The largest absolute Gasteiger partial charge is 0.360 e. The standard InChI is InChI=1S/C24H27FN4O.C2H6.H2/c1-3-10-28(11-4-2)24(30)9-12-29-23-8-5-17(13-18(23)15-27-29)21-16-26-22-14-19(25)6-7-20(21)22;1-2;/h5-8,13-16,26H,3-4,9-12H2,1-2H3;1-2H3;1H. The van der Waals surface area contributed by atoms with Crippen LogP contribution in [0.15, 0.2) is 48.8 Å². The number of rotatable bonds is 8. The summed E-state index contributed by atoms with van der Waals surface area (Å²) in [5.41, 5.74) is 3.87. The lowest BCUT2D eigenvalue weighted by Crippen LogP contribution is -2.33. The van der Waals surface area contributed by atoms with Gasteiger partial charge in [0.15, 0.2) is 0 Å². The molecule has 0 aliphatic heterocycles. The summed E-state index contributed by atoms with van der Waals surface area (Å²) in [6, 6.07) is 11.0. The number of hydrogen-bond acceptors (Lipinski definition) is 2. The van der Waals surface area contributed by atoms with Crippen molar-refractivity contribution in [1.29, 1.82) is 0 Å². The Kier molecular flexibility index (Phi) is 8.03. The molecule has 4 aromatic rings. The lowest BCUT2D eigenvalue weighted by molar-refractivity contribution is -0.131. The maximum Gasteiger partial charge on any atom is 0.224 e. The molecule has 0 bridgehead atoms. The Morgan fingerprint density at radius 1 is 1.12 bits per heavy atom. The van der Waals surface area contributed by atoms with Crippen molar-refractivity contribution in [2.24, 2.45) is 0 Å². The summed E-state index contributed by atoms with van der Waals surface area (Å²) >= 11 is 0. The van der Waals surface area contributed by atoms with Crippen molar-refractivity contribution in [2.75, 3.05) is 13.1 Å². The molecule has 1 amide bonds. The van der Waals surface area contributed by atoms with Crippen LogP contribution in [0.4, 0.5) is 4.39 Å². The minimum atomic E-state index is -0.251. The molecule has 0 saturated carbocycles. The van der Waals surface area contributed by atoms with E-state index in [0.717, 1.165) is 58.9 Å². The second kappa shape index (κ2) is 10.9. The first-order valence-electron chi connectivity index (χ1n) is 11.6. The molecule has 2 heterocycles. The summed E-state index contributed by atoms with van der Waals surface area (Å²) in [5.74, 6) is -0.0661. The van der Waals surface area contributed by atoms with Crippen molar-refractivity contribution in [2.45, 2.75) is 53.5 Å². The Labute approximate surface area is 190 Å². The van der Waals surface area contributed by atoms with Crippen LogP contribution >= 0.6 is 0 Å². The lowest BCUT2D eigenvalue weighted by Gasteiger charge is -2.21. The second-order valence-electron chi connectivity index (χ2n) is 7.66. The third-order valence-corrected chi connectivity index (χ3v) is 5.47. The molecule has 1 N–H and O–H groups in total. The Balaban J connectivity index is 0.00000125. The molecular weight excluding hydrogens is 403 g/mol. The maximum absolute atomic E-state index is 13.5. The number of fused-ring (bicyclic) bond motifs is 2. The van der Waals surface area contributed by atoms with Crippen molar-refractivity contribution >= 4 is 27.7 Å². The minimum Gasteiger partial charge on any atom is -0.360 e. The SMILES string of the molecule is CC.CCCN(CCC)C(=O)CCn1ncc2cc(-c3c[nH]c4cc(F)ccc34)ccc21.[HH]. The summed E-state index contributed by atoms with van der Waals surface area (Å²) < 4.78 is 15.4. The molecular formula is C26H35FN4O. The van der Waals surface area contributed by atoms with Gasteiger partial charge in [-0.2, -0.15) is 5.10 Å². The van der Waals surface area contributed by atoms with Gasteiger partial charge in [-0.15, -0.1) is 0 Å². The average Bonchev–Trinajstić information content (AvgIpc) is 3.41. The van der Waals surface area contributed by atoms with E-state index in [2.05, 4.69) is 36.1 Å². The zero-order valence-corrected chi connectivity index (χ0v) is 19.5.